The number of anilines is 3. The Morgan fingerprint density at radius 2 is 0.905 bits per heavy atom. The molecule has 0 amide bonds. The van der Waals surface area contributed by atoms with Crippen molar-refractivity contribution in [3.63, 3.8) is 0 Å². The average molecular weight is 805 g/mol. The third-order valence-corrected chi connectivity index (χ3v) is 12.4. The predicted octanol–water partition coefficient (Wildman–Crippen LogP) is 16.8. The van der Waals surface area contributed by atoms with E-state index >= 15 is 0 Å². The van der Waals surface area contributed by atoms with E-state index in [4.69, 9.17) is 4.42 Å². The van der Waals surface area contributed by atoms with Gasteiger partial charge in [-0.15, -0.1) is 0 Å². The number of aromatic nitrogens is 1. The van der Waals surface area contributed by atoms with Crippen molar-refractivity contribution in [2.24, 2.45) is 0 Å². The third-order valence-electron chi connectivity index (χ3n) is 12.4. The molecule has 0 aliphatic carbocycles. The van der Waals surface area contributed by atoms with Crippen LogP contribution < -0.4 is 4.90 Å². The normalized spacial score (nSPS) is 11.5. The van der Waals surface area contributed by atoms with Gasteiger partial charge in [-0.3, -0.25) is 0 Å². The molecule has 0 saturated heterocycles. The second-order valence-electron chi connectivity index (χ2n) is 16.1. The molecule has 0 radical (unpaired) electrons. The molecule has 0 spiro atoms. The Hall–Kier alpha value is -8.40. The summed E-state index contributed by atoms with van der Waals surface area (Å²) in [6.07, 6.45) is 0. The minimum atomic E-state index is 0.882. The number of hydrogen-bond acceptors (Lipinski definition) is 2. The fraction of sp³-hybridized carbons (Fsp3) is 0. The molecule has 0 atom stereocenters. The molecule has 2 heterocycles. The van der Waals surface area contributed by atoms with Crippen molar-refractivity contribution in [2.75, 3.05) is 4.90 Å². The van der Waals surface area contributed by atoms with Crippen LogP contribution in [0.3, 0.4) is 0 Å². The number of benzene rings is 10. The van der Waals surface area contributed by atoms with Crippen molar-refractivity contribution in [1.82, 2.24) is 4.57 Å². The van der Waals surface area contributed by atoms with Crippen LogP contribution >= 0.6 is 0 Å². The molecular weight excluding hydrogens is 765 g/mol. The molecule has 0 N–H and O–H groups in total. The summed E-state index contributed by atoms with van der Waals surface area (Å²) in [6.45, 7) is 0. The van der Waals surface area contributed by atoms with Gasteiger partial charge in [0.2, 0.25) is 0 Å². The van der Waals surface area contributed by atoms with Crippen LogP contribution in [0.5, 0.6) is 0 Å². The van der Waals surface area contributed by atoms with E-state index < -0.39 is 0 Å². The maximum absolute atomic E-state index is 6.68. The second kappa shape index (κ2) is 15.3. The van der Waals surface area contributed by atoms with Crippen molar-refractivity contribution < 1.29 is 4.42 Å². The molecule has 63 heavy (non-hydrogen) atoms. The first-order valence-corrected chi connectivity index (χ1v) is 21.5. The van der Waals surface area contributed by atoms with Crippen LogP contribution in [-0.2, 0) is 0 Å². The molecule has 0 saturated carbocycles. The first kappa shape index (κ1) is 36.5. The topological polar surface area (TPSA) is 21.3 Å². The second-order valence-corrected chi connectivity index (χ2v) is 16.1. The van der Waals surface area contributed by atoms with Gasteiger partial charge in [0.25, 0.3) is 0 Å². The summed E-state index contributed by atoms with van der Waals surface area (Å²) in [5.74, 6) is 0. The highest BCUT2D eigenvalue weighted by molar-refractivity contribution is 6.16. The fourth-order valence-electron chi connectivity index (χ4n) is 9.51. The van der Waals surface area contributed by atoms with Gasteiger partial charge in [0.1, 0.15) is 11.2 Å². The molecule has 0 unspecified atom stereocenters. The third kappa shape index (κ3) is 6.29. The summed E-state index contributed by atoms with van der Waals surface area (Å²) in [5, 5.41) is 4.74. The first-order chi connectivity index (χ1) is 31.3. The minimum Gasteiger partial charge on any atom is -0.455 e. The largest absolute Gasteiger partial charge is 0.455 e. The van der Waals surface area contributed by atoms with Gasteiger partial charge in [0.15, 0.2) is 0 Å². The zero-order chi connectivity index (χ0) is 41.7. The Morgan fingerprint density at radius 1 is 0.333 bits per heavy atom. The van der Waals surface area contributed by atoms with Crippen LogP contribution in [0, 0.1) is 0 Å². The van der Waals surface area contributed by atoms with E-state index in [1.54, 1.807) is 0 Å². The van der Waals surface area contributed by atoms with Gasteiger partial charge in [-0.05, 0) is 100 Å². The molecule has 12 rings (SSSR count). The lowest BCUT2D eigenvalue weighted by atomic mass is 9.94. The maximum Gasteiger partial charge on any atom is 0.143 e. The van der Waals surface area contributed by atoms with E-state index in [9.17, 15) is 0 Å². The maximum atomic E-state index is 6.68. The highest BCUT2D eigenvalue weighted by atomic mass is 16.3. The Morgan fingerprint density at radius 3 is 1.65 bits per heavy atom. The van der Waals surface area contributed by atoms with E-state index in [-0.39, 0.29) is 0 Å². The smallest absolute Gasteiger partial charge is 0.143 e. The lowest BCUT2D eigenvalue weighted by Crippen LogP contribution is -2.11. The van der Waals surface area contributed by atoms with Gasteiger partial charge < -0.3 is 13.9 Å². The molecule has 0 aliphatic rings. The quantitative estimate of drug-likeness (QED) is 0.153. The number of nitrogens with zero attached hydrogens (tertiary/aromatic N) is 2. The summed E-state index contributed by atoms with van der Waals surface area (Å²) in [5.41, 5.74) is 17.6. The Balaban J connectivity index is 0.995. The molecule has 3 nitrogen and oxygen atoms in total. The zero-order valence-electron chi connectivity index (χ0n) is 34.4. The number of furan rings is 1. The SMILES string of the molecule is c1ccc(-c2ccccc2N(c2ccc(-c3cccc(-n4c5ccccc5c5ccccc54)c3)cc2)c2cccc(-c3ccc(-c4ccccc4)c4oc5ccccc5c34)c2)cc1. The number of hydrogen-bond donors (Lipinski definition) is 0. The van der Waals surface area contributed by atoms with Crippen molar-refractivity contribution in [1.29, 1.82) is 0 Å². The molecule has 2 aromatic heterocycles. The highest BCUT2D eigenvalue weighted by Gasteiger charge is 2.21. The minimum absolute atomic E-state index is 0.882. The summed E-state index contributed by atoms with van der Waals surface area (Å²) in [6, 6.07) is 87.0. The van der Waals surface area contributed by atoms with E-state index in [0.717, 1.165) is 89.2 Å². The average Bonchev–Trinajstić information content (AvgIpc) is 3.92. The van der Waals surface area contributed by atoms with E-state index in [1.807, 2.05) is 6.07 Å². The standard InChI is InChI=1S/C60H40N2O/c1-3-17-42(18-4-1)49-25-7-11-29-55(49)61(46-35-33-41(34-36-46)44-21-15-24-48(39-44)62-56-30-12-8-26-52(56)53-27-9-13-31-57(53)62)47-23-16-22-45(40-47)50-37-38-51(43-19-5-2-6-20-43)60-59(50)54-28-10-14-32-58(54)63-60/h1-40H. The molecule has 3 heteroatoms. The fourth-order valence-corrected chi connectivity index (χ4v) is 9.51. The van der Waals surface area contributed by atoms with E-state index in [2.05, 4.69) is 246 Å². The monoisotopic (exact) mass is 804 g/mol. The molecule has 0 fully saturated rings. The predicted molar refractivity (Wildman–Crippen MR) is 264 cm³/mol. The lowest BCUT2D eigenvalue weighted by molar-refractivity contribution is 0.670. The van der Waals surface area contributed by atoms with Gasteiger partial charge in [0.05, 0.1) is 16.7 Å². The van der Waals surface area contributed by atoms with Crippen LogP contribution in [0.4, 0.5) is 17.1 Å². The number of para-hydroxylation sites is 4. The molecule has 10 aromatic carbocycles. The van der Waals surface area contributed by atoms with Crippen molar-refractivity contribution in [3.05, 3.63) is 243 Å². The summed E-state index contributed by atoms with van der Waals surface area (Å²) >= 11 is 0. The van der Waals surface area contributed by atoms with Gasteiger partial charge in [-0.2, -0.15) is 0 Å². The van der Waals surface area contributed by atoms with Gasteiger partial charge >= 0.3 is 0 Å². The molecule has 12 aromatic rings. The van der Waals surface area contributed by atoms with E-state index in [1.165, 1.54) is 21.8 Å². The molecule has 296 valence electrons. The Bertz CT molecular complexity index is 3570. The van der Waals surface area contributed by atoms with Gasteiger partial charge in [-0.25, -0.2) is 0 Å². The van der Waals surface area contributed by atoms with Crippen LogP contribution in [-0.4, -0.2) is 4.57 Å². The highest BCUT2D eigenvalue weighted by Crippen LogP contribution is 2.45. The van der Waals surface area contributed by atoms with Crippen LogP contribution in [0.2, 0.25) is 0 Å². The van der Waals surface area contributed by atoms with Crippen LogP contribution in [0.1, 0.15) is 0 Å². The van der Waals surface area contributed by atoms with E-state index in [0.29, 0.717) is 0 Å². The molecular formula is C60H40N2O. The number of fused-ring (bicyclic) bond motifs is 6. The van der Waals surface area contributed by atoms with Crippen molar-refractivity contribution >= 4 is 60.8 Å². The van der Waals surface area contributed by atoms with Crippen LogP contribution in [0.15, 0.2) is 247 Å². The van der Waals surface area contributed by atoms with Gasteiger partial charge in [-0.1, -0.05) is 176 Å². The summed E-state index contributed by atoms with van der Waals surface area (Å²) < 4.78 is 9.07. The van der Waals surface area contributed by atoms with Crippen molar-refractivity contribution in [3.8, 4) is 50.2 Å². The lowest BCUT2D eigenvalue weighted by Gasteiger charge is -2.28. The zero-order valence-corrected chi connectivity index (χ0v) is 34.4. The van der Waals surface area contributed by atoms with Crippen LogP contribution in [0.25, 0.3) is 93.9 Å². The van der Waals surface area contributed by atoms with Crippen molar-refractivity contribution in [2.45, 2.75) is 0 Å². The Kier molecular flexibility index (Phi) is 8.83. The molecule has 0 aliphatic heterocycles. The Labute approximate surface area is 366 Å². The molecule has 0 bridgehead atoms. The number of rotatable bonds is 8. The van der Waals surface area contributed by atoms with Gasteiger partial charge in [0, 0.05) is 49.7 Å². The summed E-state index contributed by atoms with van der Waals surface area (Å²) in [4.78, 5) is 2.40. The first-order valence-electron chi connectivity index (χ1n) is 21.5. The summed E-state index contributed by atoms with van der Waals surface area (Å²) in [7, 11) is 0.